The van der Waals surface area contributed by atoms with E-state index in [9.17, 15) is 0 Å². The van der Waals surface area contributed by atoms with Crippen LogP contribution in [0.15, 0.2) is 12.1 Å². The van der Waals surface area contributed by atoms with Gasteiger partial charge in [-0.25, -0.2) is 0 Å². The maximum atomic E-state index is 5.96. The van der Waals surface area contributed by atoms with Crippen molar-refractivity contribution in [3.05, 3.63) is 28.8 Å². The van der Waals surface area contributed by atoms with Crippen LogP contribution in [0.5, 0.6) is 5.75 Å². The van der Waals surface area contributed by atoms with E-state index in [4.69, 9.17) is 4.74 Å². The number of nitrogens with zero attached hydrogens (tertiary/aromatic N) is 1. The van der Waals surface area contributed by atoms with Crippen LogP contribution >= 0.6 is 0 Å². The van der Waals surface area contributed by atoms with Gasteiger partial charge in [0.1, 0.15) is 5.75 Å². The standard InChI is InChI=1S/C18H29NO/c1-15-13-16(2)17(3)18(14-15)20-12-8-4-5-9-19-10-6-7-11-19/h13-14H,4-12H2,1-3H3. The summed E-state index contributed by atoms with van der Waals surface area (Å²) in [6.45, 7) is 11.2. The summed E-state index contributed by atoms with van der Waals surface area (Å²) in [6.07, 6.45) is 6.56. The number of benzene rings is 1. The van der Waals surface area contributed by atoms with Gasteiger partial charge in [-0.3, -0.25) is 0 Å². The molecule has 0 unspecified atom stereocenters. The lowest BCUT2D eigenvalue weighted by atomic mass is 10.1. The van der Waals surface area contributed by atoms with E-state index in [0.717, 1.165) is 12.4 Å². The lowest BCUT2D eigenvalue weighted by Crippen LogP contribution is -2.20. The second-order valence-electron chi connectivity index (χ2n) is 6.16. The Labute approximate surface area is 124 Å². The molecule has 20 heavy (non-hydrogen) atoms. The van der Waals surface area contributed by atoms with Crippen molar-refractivity contribution in [2.45, 2.75) is 52.9 Å². The Hall–Kier alpha value is -1.02. The van der Waals surface area contributed by atoms with Gasteiger partial charge in [-0.15, -0.1) is 0 Å². The smallest absolute Gasteiger partial charge is 0.122 e. The van der Waals surface area contributed by atoms with Crippen LogP contribution in [0.3, 0.4) is 0 Å². The van der Waals surface area contributed by atoms with E-state index in [1.165, 1.54) is 68.4 Å². The summed E-state index contributed by atoms with van der Waals surface area (Å²) in [6, 6.07) is 4.38. The van der Waals surface area contributed by atoms with Crippen LogP contribution < -0.4 is 4.74 Å². The van der Waals surface area contributed by atoms with Crippen LogP contribution in [0.25, 0.3) is 0 Å². The van der Waals surface area contributed by atoms with Crippen molar-refractivity contribution in [2.24, 2.45) is 0 Å². The molecule has 0 amide bonds. The quantitative estimate of drug-likeness (QED) is 0.690. The van der Waals surface area contributed by atoms with Gasteiger partial charge in [-0.05, 0) is 95.3 Å². The normalized spacial score (nSPS) is 15.8. The Balaban J connectivity index is 1.63. The molecule has 0 spiro atoms. The topological polar surface area (TPSA) is 12.5 Å². The Bertz CT molecular complexity index is 422. The average Bonchev–Trinajstić information content (AvgIpc) is 2.92. The number of ether oxygens (including phenoxy) is 1. The molecule has 1 aliphatic rings. The maximum absolute atomic E-state index is 5.96. The molecule has 1 saturated heterocycles. The van der Waals surface area contributed by atoms with Crippen LogP contribution in [-0.2, 0) is 0 Å². The fourth-order valence-electron chi connectivity index (χ4n) is 2.95. The average molecular weight is 275 g/mol. The highest BCUT2D eigenvalue weighted by atomic mass is 16.5. The Morgan fingerprint density at radius 2 is 1.75 bits per heavy atom. The van der Waals surface area contributed by atoms with Gasteiger partial charge in [-0.1, -0.05) is 6.07 Å². The molecule has 0 radical (unpaired) electrons. The molecule has 0 N–H and O–H groups in total. The summed E-state index contributed by atoms with van der Waals surface area (Å²) in [4.78, 5) is 2.59. The van der Waals surface area contributed by atoms with Crippen molar-refractivity contribution in [2.75, 3.05) is 26.2 Å². The molecule has 1 aromatic rings. The molecule has 0 saturated carbocycles. The molecule has 0 atom stereocenters. The van der Waals surface area contributed by atoms with Gasteiger partial charge < -0.3 is 9.64 Å². The summed E-state index contributed by atoms with van der Waals surface area (Å²) in [5, 5.41) is 0. The summed E-state index contributed by atoms with van der Waals surface area (Å²) in [5.74, 6) is 1.07. The molecule has 1 heterocycles. The first-order valence-corrected chi connectivity index (χ1v) is 8.10. The third-order valence-corrected chi connectivity index (χ3v) is 4.34. The second kappa shape index (κ2) is 7.68. The summed E-state index contributed by atoms with van der Waals surface area (Å²) in [7, 11) is 0. The van der Waals surface area contributed by atoms with Gasteiger partial charge in [0.25, 0.3) is 0 Å². The monoisotopic (exact) mass is 275 g/mol. The Kier molecular flexibility index (Phi) is 5.90. The highest BCUT2D eigenvalue weighted by Gasteiger charge is 2.10. The number of hydrogen-bond acceptors (Lipinski definition) is 2. The Morgan fingerprint density at radius 1 is 1.00 bits per heavy atom. The predicted octanol–water partition coefficient (Wildman–Crippen LogP) is 4.26. The summed E-state index contributed by atoms with van der Waals surface area (Å²) in [5.41, 5.74) is 3.90. The first-order chi connectivity index (χ1) is 9.66. The zero-order valence-electron chi connectivity index (χ0n) is 13.4. The zero-order chi connectivity index (χ0) is 14.4. The molecule has 2 nitrogen and oxygen atoms in total. The summed E-state index contributed by atoms with van der Waals surface area (Å²) < 4.78 is 5.96. The molecule has 1 aliphatic heterocycles. The van der Waals surface area contributed by atoms with Gasteiger partial charge in [0.15, 0.2) is 0 Å². The number of aryl methyl sites for hydroxylation is 2. The van der Waals surface area contributed by atoms with Gasteiger partial charge in [0, 0.05) is 0 Å². The van der Waals surface area contributed by atoms with Crippen LogP contribution in [0.4, 0.5) is 0 Å². The lowest BCUT2D eigenvalue weighted by Gasteiger charge is -2.14. The van der Waals surface area contributed by atoms with Gasteiger partial charge in [0.05, 0.1) is 6.61 Å². The zero-order valence-corrected chi connectivity index (χ0v) is 13.4. The first-order valence-electron chi connectivity index (χ1n) is 8.10. The lowest BCUT2D eigenvalue weighted by molar-refractivity contribution is 0.289. The van der Waals surface area contributed by atoms with Crippen molar-refractivity contribution < 1.29 is 4.74 Å². The van der Waals surface area contributed by atoms with Crippen LogP contribution in [0, 0.1) is 20.8 Å². The highest BCUT2D eigenvalue weighted by Crippen LogP contribution is 2.23. The summed E-state index contributed by atoms with van der Waals surface area (Å²) >= 11 is 0. The molecule has 0 aromatic heterocycles. The fourth-order valence-corrected chi connectivity index (χ4v) is 2.95. The van der Waals surface area contributed by atoms with E-state index >= 15 is 0 Å². The van der Waals surface area contributed by atoms with Gasteiger partial charge >= 0.3 is 0 Å². The maximum Gasteiger partial charge on any atom is 0.122 e. The Morgan fingerprint density at radius 3 is 2.50 bits per heavy atom. The fraction of sp³-hybridized carbons (Fsp3) is 0.667. The minimum absolute atomic E-state index is 0.851. The van der Waals surface area contributed by atoms with Crippen molar-refractivity contribution >= 4 is 0 Å². The minimum atomic E-state index is 0.851. The largest absolute Gasteiger partial charge is 0.493 e. The van der Waals surface area contributed by atoms with Gasteiger partial charge in [0.2, 0.25) is 0 Å². The van der Waals surface area contributed by atoms with E-state index in [-0.39, 0.29) is 0 Å². The molecule has 0 bridgehead atoms. The molecule has 2 heteroatoms. The third-order valence-electron chi connectivity index (χ3n) is 4.34. The first kappa shape index (κ1) is 15.4. The van der Waals surface area contributed by atoms with Crippen LogP contribution in [0.1, 0.15) is 48.8 Å². The van der Waals surface area contributed by atoms with Crippen molar-refractivity contribution in [3.63, 3.8) is 0 Å². The molecule has 1 aromatic carbocycles. The molecule has 0 aliphatic carbocycles. The molecular formula is C18H29NO. The van der Waals surface area contributed by atoms with E-state index in [0.29, 0.717) is 0 Å². The second-order valence-corrected chi connectivity index (χ2v) is 6.16. The van der Waals surface area contributed by atoms with E-state index in [2.05, 4.69) is 37.8 Å². The number of rotatable bonds is 7. The molecule has 112 valence electrons. The van der Waals surface area contributed by atoms with E-state index < -0.39 is 0 Å². The SMILES string of the molecule is Cc1cc(C)c(C)c(OCCCCCN2CCCC2)c1. The van der Waals surface area contributed by atoms with Crippen molar-refractivity contribution in [1.29, 1.82) is 0 Å². The van der Waals surface area contributed by atoms with E-state index in [1.54, 1.807) is 0 Å². The third kappa shape index (κ3) is 4.52. The van der Waals surface area contributed by atoms with Crippen molar-refractivity contribution in [1.82, 2.24) is 4.90 Å². The number of likely N-dealkylation sites (tertiary alicyclic amines) is 1. The number of unbranched alkanes of at least 4 members (excludes halogenated alkanes) is 2. The van der Waals surface area contributed by atoms with Crippen molar-refractivity contribution in [3.8, 4) is 5.75 Å². The minimum Gasteiger partial charge on any atom is -0.493 e. The molecule has 2 rings (SSSR count). The molecular weight excluding hydrogens is 246 g/mol. The van der Waals surface area contributed by atoms with Crippen LogP contribution in [0.2, 0.25) is 0 Å². The van der Waals surface area contributed by atoms with Gasteiger partial charge in [-0.2, -0.15) is 0 Å². The number of hydrogen-bond donors (Lipinski definition) is 0. The molecule has 1 fully saturated rings. The van der Waals surface area contributed by atoms with E-state index in [1.807, 2.05) is 0 Å². The highest BCUT2D eigenvalue weighted by molar-refractivity contribution is 5.41. The van der Waals surface area contributed by atoms with Crippen LogP contribution in [-0.4, -0.2) is 31.1 Å². The predicted molar refractivity (Wildman–Crippen MR) is 85.7 cm³/mol.